The second-order valence-electron chi connectivity index (χ2n) is 2.69. The molecule has 0 saturated heterocycles. The van der Waals surface area contributed by atoms with E-state index in [1.807, 2.05) is 6.92 Å². The largest absolute Gasteiger partial charge is 0.352 e. The number of benzene rings is 1. The van der Waals surface area contributed by atoms with Gasteiger partial charge >= 0.3 is 0 Å². The minimum Gasteiger partial charge on any atom is -0.352 e. The van der Waals surface area contributed by atoms with Crippen LogP contribution in [0.15, 0.2) is 12.1 Å². The van der Waals surface area contributed by atoms with Crippen LogP contribution in [0.3, 0.4) is 0 Å². The first-order valence-corrected chi connectivity index (χ1v) is 4.25. The summed E-state index contributed by atoms with van der Waals surface area (Å²) in [5, 5.41) is 0.508. The van der Waals surface area contributed by atoms with Crippen LogP contribution >= 0.6 is 23.2 Å². The van der Waals surface area contributed by atoms with Crippen molar-refractivity contribution in [1.29, 1.82) is 0 Å². The van der Waals surface area contributed by atoms with Crippen molar-refractivity contribution in [2.24, 2.45) is 0 Å². The van der Waals surface area contributed by atoms with Gasteiger partial charge in [0.15, 0.2) is 0 Å². The second kappa shape index (κ2) is 3.60. The van der Waals surface area contributed by atoms with E-state index in [0.29, 0.717) is 10.6 Å². The molecule has 0 radical (unpaired) electrons. The highest BCUT2D eigenvalue weighted by atomic mass is 35.5. The molecule has 3 N–H and O–H groups in total. The van der Waals surface area contributed by atoms with E-state index in [2.05, 4.69) is 5.73 Å². The number of hydrogen-bond donors (Lipinski definition) is 1. The van der Waals surface area contributed by atoms with Crippen LogP contribution in [0, 0.1) is 5.82 Å². The summed E-state index contributed by atoms with van der Waals surface area (Å²) in [4.78, 5) is 0. The third-order valence-electron chi connectivity index (χ3n) is 1.57. The molecule has 0 aliphatic heterocycles. The molecule has 0 bridgehead atoms. The summed E-state index contributed by atoms with van der Waals surface area (Å²) in [5.74, 6) is -0.452. The van der Waals surface area contributed by atoms with Crippen LogP contribution in [-0.4, -0.2) is 0 Å². The van der Waals surface area contributed by atoms with Crippen LogP contribution < -0.4 is 5.73 Å². The van der Waals surface area contributed by atoms with Gasteiger partial charge in [-0.1, -0.05) is 23.2 Å². The van der Waals surface area contributed by atoms with E-state index in [9.17, 15) is 4.39 Å². The Morgan fingerprint density at radius 1 is 1.33 bits per heavy atom. The third kappa shape index (κ3) is 1.89. The topological polar surface area (TPSA) is 27.6 Å². The highest BCUT2D eigenvalue weighted by Crippen LogP contribution is 2.26. The molecule has 12 heavy (non-hydrogen) atoms. The van der Waals surface area contributed by atoms with Gasteiger partial charge in [-0.25, -0.2) is 4.39 Å². The lowest BCUT2D eigenvalue weighted by molar-refractivity contribution is -0.420. The van der Waals surface area contributed by atoms with E-state index in [4.69, 9.17) is 23.2 Å². The average molecular weight is 209 g/mol. The molecule has 1 rings (SSSR count). The molecule has 0 saturated carbocycles. The van der Waals surface area contributed by atoms with E-state index in [-0.39, 0.29) is 11.1 Å². The lowest BCUT2D eigenvalue weighted by Crippen LogP contribution is -2.51. The summed E-state index contributed by atoms with van der Waals surface area (Å²) in [7, 11) is 0. The molecule has 0 fully saturated rings. The van der Waals surface area contributed by atoms with E-state index in [0.717, 1.165) is 0 Å². The zero-order chi connectivity index (χ0) is 9.30. The summed E-state index contributed by atoms with van der Waals surface area (Å²) >= 11 is 11.3. The molecule has 1 atom stereocenters. The average Bonchev–Trinajstić information content (AvgIpc) is 1.96. The predicted octanol–water partition coefficient (Wildman–Crippen LogP) is 2.44. The standard InChI is InChI=1S/C8H8Cl2FN/c1-4(12)5-2-8(11)7(10)3-6(5)9/h2-4H,12H2,1H3/p+1/t4-/m1/s1. The van der Waals surface area contributed by atoms with Gasteiger partial charge in [-0.2, -0.15) is 0 Å². The van der Waals surface area contributed by atoms with Gasteiger partial charge in [-0.05, 0) is 19.1 Å². The van der Waals surface area contributed by atoms with Crippen LogP contribution in [0.4, 0.5) is 4.39 Å². The van der Waals surface area contributed by atoms with Crippen LogP contribution in [0.25, 0.3) is 0 Å². The molecule has 0 unspecified atom stereocenters. The number of quaternary nitrogens is 1. The second-order valence-corrected chi connectivity index (χ2v) is 3.50. The molecule has 0 heterocycles. The van der Waals surface area contributed by atoms with Crippen molar-refractivity contribution in [3.05, 3.63) is 33.6 Å². The van der Waals surface area contributed by atoms with Crippen LogP contribution in [0.1, 0.15) is 18.5 Å². The fourth-order valence-corrected chi connectivity index (χ4v) is 1.49. The molecule has 0 spiro atoms. The Hall–Kier alpha value is -0.310. The number of rotatable bonds is 1. The van der Waals surface area contributed by atoms with Crippen molar-refractivity contribution < 1.29 is 10.1 Å². The Labute approximate surface area is 80.3 Å². The van der Waals surface area contributed by atoms with Gasteiger partial charge in [0.25, 0.3) is 0 Å². The van der Waals surface area contributed by atoms with Crippen molar-refractivity contribution in [2.45, 2.75) is 13.0 Å². The summed E-state index contributed by atoms with van der Waals surface area (Å²) in [6, 6.07) is 2.68. The van der Waals surface area contributed by atoms with Gasteiger partial charge in [-0.3, -0.25) is 0 Å². The summed E-state index contributed by atoms with van der Waals surface area (Å²) in [6.45, 7) is 1.84. The highest BCUT2D eigenvalue weighted by molar-refractivity contribution is 6.35. The van der Waals surface area contributed by atoms with Crippen molar-refractivity contribution in [2.75, 3.05) is 0 Å². The minimum atomic E-state index is -0.452. The monoisotopic (exact) mass is 208 g/mol. The summed E-state index contributed by atoms with van der Waals surface area (Å²) in [6.07, 6.45) is 0. The SMILES string of the molecule is C[C@@H]([NH3+])c1cc(F)c(Cl)cc1Cl. The van der Waals surface area contributed by atoms with Crippen molar-refractivity contribution in [3.8, 4) is 0 Å². The van der Waals surface area contributed by atoms with Crippen molar-refractivity contribution >= 4 is 23.2 Å². The Balaban J connectivity index is 3.23. The van der Waals surface area contributed by atoms with Gasteiger partial charge in [0.05, 0.1) is 10.0 Å². The Bertz CT molecular complexity index is 299. The predicted molar refractivity (Wildman–Crippen MR) is 47.7 cm³/mol. The molecule has 0 aliphatic carbocycles. The maximum atomic E-state index is 12.9. The molecule has 66 valence electrons. The normalized spacial score (nSPS) is 13.1. The summed E-state index contributed by atoms with van der Waals surface area (Å²) < 4.78 is 12.9. The zero-order valence-corrected chi connectivity index (χ0v) is 8.08. The first-order chi connectivity index (χ1) is 5.52. The Morgan fingerprint density at radius 2 is 1.92 bits per heavy atom. The number of halogens is 3. The lowest BCUT2D eigenvalue weighted by atomic mass is 10.1. The molecule has 4 heteroatoms. The maximum absolute atomic E-state index is 12.9. The molecular formula is C8H9Cl2FN+. The Morgan fingerprint density at radius 3 is 2.42 bits per heavy atom. The lowest BCUT2D eigenvalue weighted by Gasteiger charge is -2.05. The van der Waals surface area contributed by atoms with Gasteiger partial charge in [-0.15, -0.1) is 0 Å². The maximum Gasteiger partial charge on any atom is 0.142 e. The van der Waals surface area contributed by atoms with Crippen LogP contribution in [0.2, 0.25) is 10.0 Å². The Kier molecular flexibility index (Phi) is 2.94. The quantitative estimate of drug-likeness (QED) is 0.688. The highest BCUT2D eigenvalue weighted by Gasteiger charge is 2.11. The molecule has 1 aromatic carbocycles. The van der Waals surface area contributed by atoms with Gasteiger partial charge in [0.1, 0.15) is 11.9 Å². The van der Waals surface area contributed by atoms with E-state index in [1.165, 1.54) is 12.1 Å². The molecule has 0 amide bonds. The number of hydrogen-bond acceptors (Lipinski definition) is 0. The first-order valence-electron chi connectivity index (χ1n) is 3.50. The van der Waals surface area contributed by atoms with E-state index >= 15 is 0 Å². The zero-order valence-electron chi connectivity index (χ0n) is 6.57. The fraction of sp³-hybridized carbons (Fsp3) is 0.250. The molecule has 0 aliphatic rings. The van der Waals surface area contributed by atoms with Crippen LogP contribution in [0.5, 0.6) is 0 Å². The van der Waals surface area contributed by atoms with E-state index < -0.39 is 5.82 Å². The molecule has 0 aromatic heterocycles. The summed E-state index contributed by atoms with van der Waals surface area (Å²) in [5.41, 5.74) is 4.43. The van der Waals surface area contributed by atoms with Gasteiger partial charge < -0.3 is 5.73 Å². The minimum absolute atomic E-state index is 0.0377. The molecule has 1 aromatic rings. The fourth-order valence-electron chi connectivity index (χ4n) is 0.916. The molecular weight excluding hydrogens is 200 g/mol. The smallest absolute Gasteiger partial charge is 0.142 e. The first kappa shape index (κ1) is 9.78. The van der Waals surface area contributed by atoms with Gasteiger partial charge in [0.2, 0.25) is 0 Å². The van der Waals surface area contributed by atoms with Gasteiger partial charge in [0, 0.05) is 5.56 Å². The van der Waals surface area contributed by atoms with Crippen LogP contribution in [-0.2, 0) is 0 Å². The van der Waals surface area contributed by atoms with E-state index in [1.54, 1.807) is 0 Å². The van der Waals surface area contributed by atoms with Crippen molar-refractivity contribution in [1.82, 2.24) is 0 Å². The van der Waals surface area contributed by atoms with Crippen molar-refractivity contribution in [3.63, 3.8) is 0 Å². The molecule has 1 nitrogen and oxygen atoms in total. The third-order valence-corrected chi connectivity index (χ3v) is 2.19.